The maximum atomic E-state index is 13.0. The van der Waals surface area contributed by atoms with Crippen molar-refractivity contribution in [1.82, 2.24) is 5.43 Å². The number of alkyl halides is 3. The minimum Gasteiger partial charge on any atom is -0.280 e. The van der Waals surface area contributed by atoms with Crippen molar-refractivity contribution in [1.29, 1.82) is 0 Å². The molecule has 10 heteroatoms. The highest BCUT2D eigenvalue weighted by Gasteiger charge is 2.32. The molecule has 0 atom stereocenters. The second kappa shape index (κ2) is 9.23. The Labute approximate surface area is 182 Å². The van der Waals surface area contributed by atoms with Gasteiger partial charge in [0.15, 0.2) is 0 Å². The zero-order valence-electron chi connectivity index (χ0n) is 16.7. The van der Waals surface area contributed by atoms with E-state index in [1.165, 1.54) is 54.6 Å². The van der Waals surface area contributed by atoms with Crippen molar-refractivity contribution in [2.24, 2.45) is 5.10 Å². The molecule has 0 fully saturated rings. The predicted molar refractivity (Wildman–Crippen MR) is 115 cm³/mol. The molecule has 0 radical (unpaired) electrons. The first-order chi connectivity index (χ1) is 15.1. The molecule has 0 saturated heterocycles. The van der Waals surface area contributed by atoms with E-state index in [1.807, 2.05) is 6.92 Å². The van der Waals surface area contributed by atoms with Crippen LogP contribution in [-0.4, -0.2) is 20.5 Å². The van der Waals surface area contributed by atoms with Gasteiger partial charge in [0.25, 0.3) is 15.9 Å². The summed E-state index contributed by atoms with van der Waals surface area (Å²) in [4.78, 5) is 12.3. The van der Waals surface area contributed by atoms with Gasteiger partial charge in [0.2, 0.25) is 0 Å². The van der Waals surface area contributed by atoms with Crippen molar-refractivity contribution in [3.63, 3.8) is 0 Å². The Hall–Kier alpha value is -3.66. The van der Waals surface area contributed by atoms with Crippen molar-refractivity contribution in [3.8, 4) is 0 Å². The van der Waals surface area contributed by atoms with Crippen molar-refractivity contribution in [2.45, 2.75) is 18.0 Å². The number of rotatable bonds is 6. The molecule has 3 aromatic rings. The zero-order chi connectivity index (χ0) is 23.4. The van der Waals surface area contributed by atoms with Crippen molar-refractivity contribution in [3.05, 3.63) is 95.1 Å². The smallest absolute Gasteiger partial charge is 0.280 e. The van der Waals surface area contributed by atoms with E-state index in [0.29, 0.717) is 0 Å². The Morgan fingerprint density at radius 2 is 1.56 bits per heavy atom. The van der Waals surface area contributed by atoms with Gasteiger partial charge in [-0.1, -0.05) is 35.9 Å². The molecule has 2 N–H and O–H groups in total. The molecule has 1 amide bonds. The van der Waals surface area contributed by atoms with E-state index in [9.17, 15) is 26.4 Å². The van der Waals surface area contributed by atoms with E-state index in [2.05, 4.69) is 15.2 Å². The number of aryl methyl sites for hydroxylation is 1. The number of halogens is 3. The molecule has 0 aromatic heterocycles. The Bertz CT molecular complexity index is 1240. The van der Waals surface area contributed by atoms with Crippen LogP contribution in [0.5, 0.6) is 0 Å². The van der Waals surface area contributed by atoms with Crippen LogP contribution in [0.25, 0.3) is 0 Å². The van der Waals surface area contributed by atoms with Crippen molar-refractivity contribution < 1.29 is 26.4 Å². The van der Waals surface area contributed by atoms with Gasteiger partial charge in [-0.15, -0.1) is 0 Å². The van der Waals surface area contributed by atoms with Gasteiger partial charge in [-0.05, 0) is 49.4 Å². The van der Waals surface area contributed by atoms with Gasteiger partial charge in [0.1, 0.15) is 0 Å². The third-order valence-electron chi connectivity index (χ3n) is 4.37. The molecule has 0 aliphatic carbocycles. The minimum atomic E-state index is -4.55. The lowest BCUT2D eigenvalue weighted by Crippen LogP contribution is -2.18. The molecule has 0 aliphatic heterocycles. The Morgan fingerprint density at radius 3 is 2.19 bits per heavy atom. The van der Waals surface area contributed by atoms with E-state index in [-0.39, 0.29) is 21.7 Å². The number of hydrogen-bond donors (Lipinski definition) is 2. The molecule has 0 saturated carbocycles. The SMILES string of the molecule is Cc1ccc(S(=O)(=O)Nc2ccc(C(=O)NN=Cc3ccccc3C(F)(F)F)cc2)cc1. The lowest BCUT2D eigenvalue weighted by molar-refractivity contribution is -0.137. The summed E-state index contributed by atoms with van der Waals surface area (Å²) >= 11 is 0. The fourth-order valence-electron chi connectivity index (χ4n) is 2.71. The average Bonchev–Trinajstić information content (AvgIpc) is 2.74. The van der Waals surface area contributed by atoms with Crippen molar-refractivity contribution in [2.75, 3.05) is 4.72 Å². The quantitative estimate of drug-likeness (QED) is 0.416. The van der Waals surface area contributed by atoms with Gasteiger partial charge in [-0.3, -0.25) is 9.52 Å². The van der Waals surface area contributed by atoms with Gasteiger partial charge < -0.3 is 0 Å². The molecule has 32 heavy (non-hydrogen) atoms. The Kier molecular flexibility index (Phi) is 6.64. The van der Waals surface area contributed by atoms with E-state index in [1.54, 1.807) is 12.1 Å². The Balaban J connectivity index is 1.66. The molecule has 0 unspecified atom stereocenters. The van der Waals surface area contributed by atoms with Crippen LogP contribution >= 0.6 is 0 Å². The summed E-state index contributed by atoms with van der Waals surface area (Å²) in [5, 5.41) is 3.58. The summed E-state index contributed by atoms with van der Waals surface area (Å²) < 4.78 is 66.2. The highest BCUT2D eigenvalue weighted by Crippen LogP contribution is 2.31. The third-order valence-corrected chi connectivity index (χ3v) is 5.76. The number of nitrogens with zero attached hydrogens (tertiary/aromatic N) is 1. The summed E-state index contributed by atoms with van der Waals surface area (Å²) in [5.41, 5.74) is 2.39. The predicted octanol–water partition coefficient (Wildman–Crippen LogP) is 4.58. The van der Waals surface area contributed by atoms with Crippen LogP contribution in [0.3, 0.4) is 0 Å². The Morgan fingerprint density at radius 1 is 0.938 bits per heavy atom. The molecule has 166 valence electrons. The summed E-state index contributed by atoms with van der Waals surface area (Å²) in [6, 6.07) is 16.7. The van der Waals surface area contributed by atoms with E-state index in [0.717, 1.165) is 17.8 Å². The number of benzene rings is 3. The number of carbonyl (C=O) groups excluding carboxylic acids is 1. The second-order valence-electron chi connectivity index (χ2n) is 6.78. The normalized spacial score (nSPS) is 12.0. The number of anilines is 1. The van der Waals surface area contributed by atoms with E-state index in [4.69, 9.17) is 0 Å². The molecule has 3 aromatic carbocycles. The zero-order valence-corrected chi connectivity index (χ0v) is 17.5. The van der Waals surface area contributed by atoms with Gasteiger partial charge in [0, 0.05) is 16.8 Å². The number of nitrogens with one attached hydrogen (secondary N) is 2. The summed E-state index contributed by atoms with van der Waals surface area (Å²) in [7, 11) is -3.79. The number of sulfonamides is 1. The largest absolute Gasteiger partial charge is 0.417 e. The molecule has 0 aliphatic rings. The van der Waals surface area contributed by atoms with E-state index >= 15 is 0 Å². The van der Waals surface area contributed by atoms with Gasteiger partial charge >= 0.3 is 6.18 Å². The lowest BCUT2D eigenvalue weighted by Gasteiger charge is -2.09. The number of carbonyl (C=O) groups is 1. The summed E-state index contributed by atoms with van der Waals surface area (Å²) in [6.07, 6.45) is -3.64. The fraction of sp³-hybridized carbons (Fsp3) is 0.0909. The maximum absolute atomic E-state index is 13.0. The average molecular weight is 461 g/mol. The molecular formula is C22H18F3N3O3S. The lowest BCUT2D eigenvalue weighted by atomic mass is 10.1. The monoisotopic (exact) mass is 461 g/mol. The molecule has 0 bridgehead atoms. The van der Waals surface area contributed by atoms with Crippen LogP contribution in [0, 0.1) is 6.92 Å². The van der Waals surface area contributed by atoms with Gasteiger partial charge in [-0.2, -0.15) is 18.3 Å². The van der Waals surface area contributed by atoms with Crippen LogP contribution in [0.1, 0.15) is 27.0 Å². The van der Waals surface area contributed by atoms with Gasteiger partial charge in [0.05, 0.1) is 16.7 Å². The summed E-state index contributed by atoms with van der Waals surface area (Å²) in [6.45, 7) is 1.84. The first kappa shape index (κ1) is 23.0. The van der Waals surface area contributed by atoms with Gasteiger partial charge in [-0.25, -0.2) is 13.8 Å². The molecule has 6 nitrogen and oxygen atoms in total. The highest BCUT2D eigenvalue weighted by atomic mass is 32.2. The van der Waals surface area contributed by atoms with Crippen LogP contribution in [0.4, 0.5) is 18.9 Å². The number of hydrogen-bond acceptors (Lipinski definition) is 4. The minimum absolute atomic E-state index is 0.0957. The van der Waals surface area contributed by atoms with Crippen LogP contribution in [-0.2, 0) is 16.2 Å². The molecule has 0 spiro atoms. The maximum Gasteiger partial charge on any atom is 0.417 e. The number of amides is 1. The van der Waals surface area contributed by atoms with Crippen molar-refractivity contribution >= 4 is 27.8 Å². The van der Waals surface area contributed by atoms with E-state index < -0.39 is 27.7 Å². The standard InChI is InChI=1S/C22H18F3N3O3S/c1-15-6-12-19(13-7-15)32(30,31)28-18-10-8-16(9-11-18)21(29)27-26-14-17-4-2-3-5-20(17)22(23,24)25/h2-14,28H,1H3,(H,27,29). The first-order valence-corrected chi connectivity index (χ1v) is 10.7. The highest BCUT2D eigenvalue weighted by molar-refractivity contribution is 7.92. The first-order valence-electron chi connectivity index (χ1n) is 9.25. The third kappa shape index (κ3) is 5.73. The van der Waals surface area contributed by atoms with Crippen LogP contribution < -0.4 is 10.1 Å². The topological polar surface area (TPSA) is 87.6 Å². The fourth-order valence-corrected chi connectivity index (χ4v) is 3.77. The number of hydrazone groups is 1. The second-order valence-corrected chi connectivity index (χ2v) is 8.46. The molecule has 3 rings (SSSR count). The molecular weight excluding hydrogens is 443 g/mol. The summed E-state index contributed by atoms with van der Waals surface area (Å²) in [5.74, 6) is -0.668. The van der Waals surface area contributed by atoms with Crippen LogP contribution in [0.2, 0.25) is 0 Å². The molecule has 0 heterocycles. The van der Waals surface area contributed by atoms with Crippen LogP contribution in [0.15, 0.2) is 82.8 Å².